The molecule has 0 N–H and O–H groups in total. The average Bonchev–Trinajstić information content (AvgIpc) is 2.03. The highest BCUT2D eigenvalue weighted by atomic mass is 35.5. The molecule has 12 heavy (non-hydrogen) atoms. The van der Waals surface area contributed by atoms with Crippen LogP contribution in [-0.4, -0.2) is 10.2 Å². The van der Waals surface area contributed by atoms with E-state index in [1.165, 1.54) is 0 Å². The molecule has 0 aromatic carbocycles. The van der Waals surface area contributed by atoms with E-state index >= 15 is 0 Å². The van der Waals surface area contributed by atoms with Gasteiger partial charge in [0.1, 0.15) is 0 Å². The van der Waals surface area contributed by atoms with Crippen molar-refractivity contribution < 1.29 is 0 Å². The van der Waals surface area contributed by atoms with Crippen LogP contribution in [0.4, 0.5) is 0 Å². The smallest absolute Gasteiger partial charge is 0.151 e. The number of hydrogen-bond acceptors (Lipinski definition) is 2. The van der Waals surface area contributed by atoms with Gasteiger partial charge < -0.3 is 0 Å². The second kappa shape index (κ2) is 4.41. The predicted octanol–water partition coefficient (Wildman–Crippen LogP) is 2.60. The van der Waals surface area contributed by atoms with Crippen LogP contribution in [-0.2, 0) is 6.42 Å². The lowest BCUT2D eigenvalue weighted by atomic mass is 10.1. The lowest BCUT2D eigenvalue weighted by molar-refractivity contribution is 0.836. The third-order valence-corrected chi connectivity index (χ3v) is 1.91. The van der Waals surface area contributed by atoms with Crippen LogP contribution in [0, 0.1) is 13.3 Å². The van der Waals surface area contributed by atoms with Gasteiger partial charge in [-0.05, 0) is 37.8 Å². The van der Waals surface area contributed by atoms with E-state index in [0.717, 1.165) is 24.1 Å². The molecule has 0 aliphatic heterocycles. The molecule has 0 unspecified atom stereocenters. The van der Waals surface area contributed by atoms with E-state index in [-0.39, 0.29) is 0 Å². The van der Waals surface area contributed by atoms with Gasteiger partial charge in [0, 0.05) is 0 Å². The fourth-order valence-corrected chi connectivity index (χ4v) is 1.21. The predicted molar refractivity (Wildman–Crippen MR) is 50.1 cm³/mol. The Bertz CT molecular complexity index is 261. The molecule has 0 saturated carbocycles. The molecule has 1 heterocycles. The first-order valence-electron chi connectivity index (χ1n) is 4.00. The lowest BCUT2D eigenvalue weighted by Crippen LogP contribution is -1.96. The molecule has 2 nitrogen and oxygen atoms in total. The van der Waals surface area contributed by atoms with Gasteiger partial charge in [-0.15, -0.1) is 5.10 Å². The minimum Gasteiger partial charge on any atom is -0.154 e. The van der Waals surface area contributed by atoms with E-state index < -0.39 is 0 Å². The van der Waals surface area contributed by atoms with Crippen LogP contribution >= 0.6 is 11.6 Å². The summed E-state index contributed by atoms with van der Waals surface area (Å²) < 4.78 is 0. The molecular formula is C9H12ClN2. The summed E-state index contributed by atoms with van der Waals surface area (Å²) in [5, 5.41) is 8.28. The maximum absolute atomic E-state index is 5.67. The summed E-state index contributed by atoms with van der Waals surface area (Å²) in [6.07, 6.45) is 4.11. The standard InChI is InChI=1S/C9H12ClN2/c1-3-4-5-8-7(2)6-9(10)12-11-8/h3,6H,4-5H2,1-2H3. The Balaban J connectivity index is 2.72. The van der Waals surface area contributed by atoms with E-state index in [2.05, 4.69) is 16.6 Å². The molecule has 1 radical (unpaired) electrons. The minimum absolute atomic E-state index is 0.469. The van der Waals surface area contributed by atoms with Gasteiger partial charge in [-0.2, -0.15) is 5.10 Å². The maximum Gasteiger partial charge on any atom is 0.151 e. The molecular weight excluding hydrogens is 172 g/mol. The number of aryl methyl sites for hydroxylation is 2. The molecule has 65 valence electrons. The minimum atomic E-state index is 0.469. The molecule has 0 aliphatic rings. The first-order valence-corrected chi connectivity index (χ1v) is 4.38. The summed E-state index contributed by atoms with van der Waals surface area (Å²) in [6.45, 7) is 4.05. The average molecular weight is 184 g/mol. The Morgan fingerprint density at radius 2 is 2.25 bits per heavy atom. The van der Waals surface area contributed by atoms with Crippen molar-refractivity contribution in [2.24, 2.45) is 0 Å². The fourth-order valence-electron chi connectivity index (χ4n) is 1.01. The quantitative estimate of drug-likeness (QED) is 0.720. The summed E-state index contributed by atoms with van der Waals surface area (Å²) in [4.78, 5) is 0. The Kier molecular flexibility index (Phi) is 3.48. The van der Waals surface area contributed by atoms with Gasteiger partial charge in [0.15, 0.2) is 5.15 Å². The van der Waals surface area contributed by atoms with Gasteiger partial charge in [0.05, 0.1) is 5.69 Å². The topological polar surface area (TPSA) is 25.8 Å². The Morgan fingerprint density at radius 3 is 2.83 bits per heavy atom. The Hall–Kier alpha value is -0.630. The molecule has 0 fully saturated rings. The van der Waals surface area contributed by atoms with Crippen molar-refractivity contribution in [3.8, 4) is 0 Å². The van der Waals surface area contributed by atoms with Gasteiger partial charge >= 0.3 is 0 Å². The summed E-state index contributed by atoms with van der Waals surface area (Å²) in [6, 6.07) is 1.85. The second-order valence-corrected chi connectivity index (χ2v) is 3.13. The van der Waals surface area contributed by atoms with E-state index in [0.29, 0.717) is 5.15 Å². The number of rotatable bonds is 3. The molecule has 3 heteroatoms. The van der Waals surface area contributed by atoms with Crippen molar-refractivity contribution in [2.45, 2.75) is 26.7 Å². The SMILES string of the molecule is C[CH]CCc1nnc(Cl)cc1C. The lowest BCUT2D eigenvalue weighted by Gasteiger charge is -2.01. The molecule has 1 rings (SSSR count). The first-order chi connectivity index (χ1) is 5.74. The number of unbranched alkanes of at least 4 members (excludes halogenated alkanes) is 1. The van der Waals surface area contributed by atoms with Crippen LogP contribution in [0.25, 0.3) is 0 Å². The summed E-state index contributed by atoms with van der Waals surface area (Å²) in [5.41, 5.74) is 2.16. The summed E-state index contributed by atoms with van der Waals surface area (Å²) in [5.74, 6) is 0. The van der Waals surface area contributed by atoms with Gasteiger partial charge in [-0.1, -0.05) is 18.5 Å². The normalized spacial score (nSPS) is 10.2. The highest BCUT2D eigenvalue weighted by Crippen LogP contribution is 2.11. The van der Waals surface area contributed by atoms with Gasteiger partial charge in [0.2, 0.25) is 0 Å². The molecule has 0 bridgehead atoms. The zero-order chi connectivity index (χ0) is 8.97. The van der Waals surface area contributed by atoms with Crippen molar-refractivity contribution in [2.75, 3.05) is 0 Å². The van der Waals surface area contributed by atoms with E-state index in [9.17, 15) is 0 Å². The van der Waals surface area contributed by atoms with E-state index in [1.54, 1.807) is 0 Å². The van der Waals surface area contributed by atoms with Crippen molar-refractivity contribution in [3.05, 3.63) is 28.9 Å². The molecule has 1 aromatic rings. The highest BCUT2D eigenvalue weighted by Gasteiger charge is 2.00. The molecule has 0 atom stereocenters. The fraction of sp³-hybridized carbons (Fsp3) is 0.444. The third kappa shape index (κ3) is 2.45. The molecule has 0 saturated heterocycles. The monoisotopic (exact) mass is 183 g/mol. The van der Waals surface area contributed by atoms with Crippen molar-refractivity contribution >= 4 is 11.6 Å². The van der Waals surface area contributed by atoms with Crippen LogP contribution in [0.5, 0.6) is 0 Å². The number of halogens is 1. The van der Waals surface area contributed by atoms with E-state index in [1.807, 2.05) is 19.9 Å². The van der Waals surface area contributed by atoms with Crippen molar-refractivity contribution in [3.63, 3.8) is 0 Å². The molecule has 0 aliphatic carbocycles. The summed E-state index contributed by atoms with van der Waals surface area (Å²) >= 11 is 5.67. The van der Waals surface area contributed by atoms with E-state index in [4.69, 9.17) is 11.6 Å². The second-order valence-electron chi connectivity index (χ2n) is 2.74. The summed E-state index contributed by atoms with van der Waals surface area (Å²) in [7, 11) is 0. The first kappa shape index (κ1) is 9.46. The Morgan fingerprint density at radius 1 is 1.50 bits per heavy atom. The van der Waals surface area contributed by atoms with Gasteiger partial charge in [-0.25, -0.2) is 0 Å². The van der Waals surface area contributed by atoms with Crippen LogP contribution in [0.1, 0.15) is 24.6 Å². The van der Waals surface area contributed by atoms with Crippen molar-refractivity contribution in [1.82, 2.24) is 10.2 Å². The van der Waals surface area contributed by atoms with Crippen LogP contribution in [0.3, 0.4) is 0 Å². The molecule has 0 spiro atoms. The number of aromatic nitrogens is 2. The third-order valence-electron chi connectivity index (χ3n) is 1.73. The largest absolute Gasteiger partial charge is 0.154 e. The van der Waals surface area contributed by atoms with Crippen molar-refractivity contribution in [1.29, 1.82) is 0 Å². The van der Waals surface area contributed by atoms with Crippen LogP contribution in [0.15, 0.2) is 6.07 Å². The number of nitrogens with zero attached hydrogens (tertiary/aromatic N) is 2. The van der Waals surface area contributed by atoms with Gasteiger partial charge in [0.25, 0.3) is 0 Å². The molecule has 1 aromatic heterocycles. The zero-order valence-electron chi connectivity index (χ0n) is 7.34. The van der Waals surface area contributed by atoms with Gasteiger partial charge in [-0.3, -0.25) is 0 Å². The highest BCUT2D eigenvalue weighted by molar-refractivity contribution is 6.29. The Labute approximate surface area is 78.0 Å². The zero-order valence-corrected chi connectivity index (χ0v) is 8.10. The molecule has 0 amide bonds. The number of hydrogen-bond donors (Lipinski definition) is 0. The van der Waals surface area contributed by atoms with Crippen LogP contribution < -0.4 is 0 Å². The van der Waals surface area contributed by atoms with Crippen LogP contribution in [0.2, 0.25) is 5.15 Å². The maximum atomic E-state index is 5.67.